The Hall–Kier alpha value is -1.62. The Morgan fingerprint density at radius 1 is 1.24 bits per heavy atom. The monoisotopic (exact) mass is 257 g/mol. The SMILES string of the molecule is COC(=O)C(C)(C(=O)OC)c1ccc(Cl)cn1. The molecule has 0 N–H and O–H groups in total. The summed E-state index contributed by atoms with van der Waals surface area (Å²) in [6.45, 7) is 1.39. The normalized spacial score (nSPS) is 10.8. The largest absolute Gasteiger partial charge is 0.468 e. The lowest BCUT2D eigenvalue weighted by Gasteiger charge is -2.22. The van der Waals surface area contributed by atoms with Crippen molar-refractivity contribution < 1.29 is 19.1 Å². The summed E-state index contributed by atoms with van der Waals surface area (Å²) >= 11 is 5.69. The van der Waals surface area contributed by atoms with Crippen molar-refractivity contribution in [2.45, 2.75) is 12.3 Å². The molecule has 0 aliphatic rings. The quantitative estimate of drug-likeness (QED) is 0.604. The number of carbonyl (C=O) groups is 2. The van der Waals surface area contributed by atoms with Crippen LogP contribution in [0.15, 0.2) is 18.3 Å². The first-order valence-electron chi connectivity index (χ1n) is 4.75. The molecule has 0 unspecified atom stereocenters. The highest BCUT2D eigenvalue weighted by Gasteiger charge is 2.46. The van der Waals surface area contributed by atoms with Crippen LogP contribution in [0.2, 0.25) is 5.02 Å². The van der Waals surface area contributed by atoms with Crippen molar-refractivity contribution in [3.05, 3.63) is 29.0 Å². The zero-order chi connectivity index (χ0) is 13.1. The van der Waals surface area contributed by atoms with Gasteiger partial charge >= 0.3 is 11.9 Å². The van der Waals surface area contributed by atoms with Gasteiger partial charge in [-0.15, -0.1) is 0 Å². The van der Waals surface area contributed by atoms with Crippen LogP contribution < -0.4 is 0 Å². The Morgan fingerprint density at radius 3 is 2.12 bits per heavy atom. The first-order valence-corrected chi connectivity index (χ1v) is 5.13. The second-order valence-corrected chi connectivity index (χ2v) is 3.91. The van der Waals surface area contributed by atoms with E-state index in [2.05, 4.69) is 14.5 Å². The van der Waals surface area contributed by atoms with Crippen LogP contribution in [0.5, 0.6) is 0 Å². The number of pyridine rings is 1. The smallest absolute Gasteiger partial charge is 0.329 e. The third-order valence-corrected chi connectivity index (χ3v) is 2.65. The molecule has 0 radical (unpaired) electrons. The summed E-state index contributed by atoms with van der Waals surface area (Å²) in [7, 11) is 2.39. The third-order valence-electron chi connectivity index (χ3n) is 2.43. The van der Waals surface area contributed by atoms with Crippen molar-refractivity contribution in [1.29, 1.82) is 0 Å². The molecule has 1 aromatic rings. The summed E-state index contributed by atoms with van der Waals surface area (Å²) in [5.41, 5.74) is -1.37. The minimum Gasteiger partial charge on any atom is -0.468 e. The van der Waals surface area contributed by atoms with Crippen LogP contribution in [0.25, 0.3) is 0 Å². The van der Waals surface area contributed by atoms with Gasteiger partial charge in [0.15, 0.2) is 0 Å². The Morgan fingerprint density at radius 2 is 1.76 bits per heavy atom. The zero-order valence-corrected chi connectivity index (χ0v) is 10.4. The van der Waals surface area contributed by atoms with Crippen molar-refractivity contribution >= 4 is 23.5 Å². The molecule has 0 aliphatic carbocycles. The van der Waals surface area contributed by atoms with Crippen LogP contribution >= 0.6 is 11.6 Å². The van der Waals surface area contributed by atoms with Gasteiger partial charge in [0.2, 0.25) is 5.41 Å². The molecule has 92 valence electrons. The Bertz CT molecular complexity index is 414. The lowest BCUT2D eigenvalue weighted by Crippen LogP contribution is -2.43. The number of esters is 2. The van der Waals surface area contributed by atoms with Crippen molar-refractivity contribution in [3.63, 3.8) is 0 Å². The van der Waals surface area contributed by atoms with Crippen molar-refractivity contribution in [1.82, 2.24) is 4.98 Å². The Labute approximate surface area is 104 Å². The predicted octanol–water partition coefficient (Wildman–Crippen LogP) is 1.34. The molecule has 0 saturated carbocycles. The van der Waals surface area contributed by atoms with Gasteiger partial charge in [0.1, 0.15) is 0 Å². The first kappa shape index (κ1) is 13.4. The second kappa shape index (κ2) is 5.14. The van der Waals surface area contributed by atoms with Gasteiger partial charge in [-0.3, -0.25) is 14.6 Å². The van der Waals surface area contributed by atoms with Crippen LogP contribution in [0.1, 0.15) is 12.6 Å². The average molecular weight is 258 g/mol. The predicted molar refractivity (Wildman–Crippen MR) is 60.6 cm³/mol. The molecular formula is C11H12ClNO4. The van der Waals surface area contributed by atoms with E-state index in [-0.39, 0.29) is 5.69 Å². The van der Waals surface area contributed by atoms with E-state index in [0.29, 0.717) is 5.02 Å². The van der Waals surface area contributed by atoms with Gasteiger partial charge in [0.05, 0.1) is 24.9 Å². The molecule has 0 aromatic carbocycles. The van der Waals surface area contributed by atoms with Crippen molar-refractivity contribution in [2.24, 2.45) is 0 Å². The lowest BCUT2D eigenvalue weighted by molar-refractivity contribution is -0.161. The second-order valence-electron chi connectivity index (χ2n) is 3.47. The maximum atomic E-state index is 11.7. The number of methoxy groups -OCH3 is 2. The van der Waals surface area contributed by atoms with E-state index in [0.717, 1.165) is 0 Å². The van der Waals surface area contributed by atoms with Crippen LogP contribution in [0.4, 0.5) is 0 Å². The summed E-state index contributed by atoms with van der Waals surface area (Å²) in [4.78, 5) is 27.4. The van der Waals surface area contributed by atoms with Gasteiger partial charge in [-0.25, -0.2) is 0 Å². The van der Waals surface area contributed by atoms with E-state index >= 15 is 0 Å². The minimum atomic E-state index is -1.59. The molecular weight excluding hydrogens is 246 g/mol. The number of hydrogen-bond acceptors (Lipinski definition) is 5. The molecule has 0 bridgehead atoms. The molecule has 0 amide bonds. The Balaban J connectivity index is 3.28. The highest BCUT2D eigenvalue weighted by Crippen LogP contribution is 2.26. The molecule has 1 heterocycles. The van der Waals surface area contributed by atoms with Gasteiger partial charge in [-0.1, -0.05) is 11.6 Å². The van der Waals surface area contributed by atoms with E-state index in [1.807, 2.05) is 0 Å². The Kier molecular flexibility index (Phi) is 4.07. The maximum absolute atomic E-state index is 11.7. The van der Waals surface area contributed by atoms with E-state index < -0.39 is 17.4 Å². The van der Waals surface area contributed by atoms with Crippen molar-refractivity contribution in [2.75, 3.05) is 14.2 Å². The average Bonchev–Trinajstić information content (AvgIpc) is 2.36. The molecule has 6 heteroatoms. The summed E-state index contributed by atoms with van der Waals surface area (Å²) in [5.74, 6) is -1.47. The number of nitrogens with zero attached hydrogens (tertiary/aromatic N) is 1. The maximum Gasteiger partial charge on any atom is 0.329 e. The molecule has 1 aromatic heterocycles. The van der Waals surface area contributed by atoms with Gasteiger partial charge in [0.25, 0.3) is 0 Å². The van der Waals surface area contributed by atoms with E-state index in [9.17, 15) is 9.59 Å². The highest BCUT2D eigenvalue weighted by molar-refractivity contribution is 6.30. The van der Waals surface area contributed by atoms with E-state index in [1.165, 1.54) is 39.5 Å². The van der Waals surface area contributed by atoms with Crippen LogP contribution in [0, 0.1) is 0 Å². The van der Waals surface area contributed by atoms with Gasteiger partial charge < -0.3 is 9.47 Å². The molecule has 0 fully saturated rings. The topological polar surface area (TPSA) is 65.5 Å². The highest BCUT2D eigenvalue weighted by atomic mass is 35.5. The van der Waals surface area contributed by atoms with Gasteiger partial charge in [0, 0.05) is 6.20 Å². The fraction of sp³-hybridized carbons (Fsp3) is 0.364. The molecule has 5 nitrogen and oxygen atoms in total. The zero-order valence-electron chi connectivity index (χ0n) is 9.69. The van der Waals surface area contributed by atoms with Crippen LogP contribution in [0.3, 0.4) is 0 Å². The molecule has 0 aliphatic heterocycles. The van der Waals surface area contributed by atoms with Crippen LogP contribution in [-0.4, -0.2) is 31.1 Å². The van der Waals surface area contributed by atoms with E-state index in [1.54, 1.807) is 0 Å². The molecule has 0 saturated heterocycles. The standard InChI is InChI=1S/C11H12ClNO4/c1-11(9(14)16-2,10(15)17-3)8-5-4-7(12)6-13-8/h4-6H,1-3H3. The third kappa shape index (κ3) is 2.39. The molecule has 1 rings (SSSR count). The molecule has 17 heavy (non-hydrogen) atoms. The number of carbonyl (C=O) groups excluding carboxylic acids is 2. The summed E-state index contributed by atoms with van der Waals surface area (Å²) in [6, 6.07) is 3.02. The van der Waals surface area contributed by atoms with E-state index in [4.69, 9.17) is 11.6 Å². The number of ether oxygens (including phenoxy) is 2. The summed E-state index contributed by atoms with van der Waals surface area (Å²) < 4.78 is 9.22. The first-order chi connectivity index (χ1) is 7.96. The number of rotatable bonds is 3. The fourth-order valence-corrected chi connectivity index (χ4v) is 1.48. The molecule has 0 atom stereocenters. The lowest BCUT2D eigenvalue weighted by atomic mass is 9.86. The summed E-state index contributed by atoms with van der Waals surface area (Å²) in [5, 5.41) is 0.408. The number of hydrogen-bond donors (Lipinski definition) is 0. The van der Waals surface area contributed by atoms with Crippen molar-refractivity contribution in [3.8, 4) is 0 Å². The summed E-state index contributed by atoms with van der Waals surface area (Å²) in [6.07, 6.45) is 1.35. The fourth-order valence-electron chi connectivity index (χ4n) is 1.37. The number of halogens is 1. The van der Waals surface area contributed by atoms with Gasteiger partial charge in [-0.2, -0.15) is 0 Å². The van der Waals surface area contributed by atoms with Gasteiger partial charge in [-0.05, 0) is 19.1 Å². The number of aromatic nitrogens is 1. The van der Waals surface area contributed by atoms with Crippen LogP contribution in [-0.2, 0) is 24.5 Å². The molecule has 0 spiro atoms. The minimum absolute atomic E-state index is 0.223.